The quantitative estimate of drug-likeness (QED) is 0.593. The second-order valence-electron chi connectivity index (χ2n) is 3.15. The maximum atomic E-state index is 10.6. The highest BCUT2D eigenvalue weighted by Crippen LogP contribution is 2.17. The van der Waals surface area contributed by atoms with E-state index in [0.29, 0.717) is 5.69 Å². The Morgan fingerprint density at radius 3 is 2.47 bits per heavy atom. The van der Waals surface area contributed by atoms with Gasteiger partial charge in [-0.2, -0.15) is 0 Å². The lowest BCUT2D eigenvalue weighted by molar-refractivity contribution is -0.389. The molecule has 8 nitrogen and oxygen atoms in total. The Kier molecular flexibility index (Phi) is 2.53. The number of aromatic nitrogens is 2. The minimum atomic E-state index is -0.631. The summed E-state index contributed by atoms with van der Waals surface area (Å²) in [5.74, 6) is -0.309. The summed E-state index contributed by atoms with van der Waals surface area (Å²) < 4.78 is 1.21. The van der Waals surface area contributed by atoms with E-state index < -0.39 is 9.85 Å². The Balaban J connectivity index is 2.42. The molecule has 0 spiro atoms. The first kappa shape index (κ1) is 10.7. The number of nitro benzene ring substituents is 1. The number of benzene rings is 1. The highest BCUT2D eigenvalue weighted by atomic mass is 16.6. The van der Waals surface area contributed by atoms with E-state index in [0.717, 1.165) is 0 Å². The van der Waals surface area contributed by atoms with Gasteiger partial charge in [-0.1, -0.05) is 6.07 Å². The number of non-ortho nitro benzene ring substituents is 1. The van der Waals surface area contributed by atoms with Crippen LogP contribution in [0.2, 0.25) is 0 Å². The Labute approximate surface area is 94.4 Å². The Morgan fingerprint density at radius 1 is 1.12 bits per heavy atom. The standard InChI is InChI=1S/C9H6N4O4/c14-12(15)8-3-1-2-7(6-8)11-5-4-9(10-11)13(16)17/h1-6H. The monoisotopic (exact) mass is 234 g/mol. The smallest absolute Gasteiger partial charge is 0.358 e. The van der Waals surface area contributed by atoms with Gasteiger partial charge in [-0.15, -0.1) is 4.68 Å². The molecule has 1 aromatic carbocycles. The van der Waals surface area contributed by atoms with Crippen LogP contribution in [0.3, 0.4) is 0 Å². The maximum Gasteiger partial charge on any atom is 0.390 e. The number of nitro groups is 2. The largest absolute Gasteiger partial charge is 0.390 e. The van der Waals surface area contributed by atoms with Gasteiger partial charge in [-0.3, -0.25) is 10.1 Å². The average Bonchev–Trinajstić information content (AvgIpc) is 2.78. The van der Waals surface area contributed by atoms with E-state index in [1.54, 1.807) is 6.07 Å². The van der Waals surface area contributed by atoms with Gasteiger partial charge in [0.15, 0.2) is 0 Å². The van der Waals surface area contributed by atoms with Crippen LogP contribution in [0.5, 0.6) is 0 Å². The van der Waals surface area contributed by atoms with Gasteiger partial charge in [-0.05, 0) is 11.0 Å². The fraction of sp³-hybridized carbons (Fsp3) is 0. The number of rotatable bonds is 3. The normalized spacial score (nSPS) is 10.1. The van der Waals surface area contributed by atoms with Crippen LogP contribution < -0.4 is 0 Å². The zero-order chi connectivity index (χ0) is 12.4. The van der Waals surface area contributed by atoms with Crippen LogP contribution in [-0.4, -0.2) is 19.6 Å². The second kappa shape index (κ2) is 4.00. The molecule has 0 aliphatic carbocycles. The molecule has 0 N–H and O–H groups in total. The minimum Gasteiger partial charge on any atom is -0.358 e. The predicted octanol–water partition coefficient (Wildman–Crippen LogP) is 1.69. The van der Waals surface area contributed by atoms with Crippen LogP contribution >= 0.6 is 0 Å². The molecule has 0 radical (unpaired) electrons. The van der Waals surface area contributed by atoms with Gasteiger partial charge in [0.1, 0.15) is 0 Å². The molecule has 0 amide bonds. The van der Waals surface area contributed by atoms with E-state index in [9.17, 15) is 20.2 Å². The van der Waals surface area contributed by atoms with Crippen molar-refractivity contribution in [2.45, 2.75) is 0 Å². The van der Waals surface area contributed by atoms with Gasteiger partial charge in [0, 0.05) is 12.1 Å². The van der Waals surface area contributed by atoms with Gasteiger partial charge >= 0.3 is 5.82 Å². The van der Waals surface area contributed by atoms with Gasteiger partial charge < -0.3 is 10.1 Å². The zero-order valence-corrected chi connectivity index (χ0v) is 8.39. The first-order chi connectivity index (χ1) is 8.08. The third-order valence-electron chi connectivity index (χ3n) is 2.07. The van der Waals surface area contributed by atoms with E-state index in [4.69, 9.17) is 0 Å². The van der Waals surface area contributed by atoms with E-state index in [1.165, 1.54) is 35.1 Å². The van der Waals surface area contributed by atoms with Crippen molar-refractivity contribution < 1.29 is 9.85 Å². The molecular formula is C9H6N4O4. The van der Waals surface area contributed by atoms with Crippen molar-refractivity contribution in [2.24, 2.45) is 0 Å². The molecule has 0 unspecified atom stereocenters. The summed E-state index contributed by atoms with van der Waals surface area (Å²) in [5.41, 5.74) is 0.299. The first-order valence-corrected chi connectivity index (χ1v) is 4.53. The van der Waals surface area contributed by atoms with E-state index >= 15 is 0 Å². The molecule has 86 valence electrons. The zero-order valence-electron chi connectivity index (χ0n) is 8.39. The number of hydrogen-bond donors (Lipinski definition) is 0. The highest BCUT2D eigenvalue weighted by Gasteiger charge is 2.14. The van der Waals surface area contributed by atoms with Crippen LogP contribution in [0.15, 0.2) is 36.5 Å². The van der Waals surface area contributed by atoms with Crippen molar-refractivity contribution in [3.05, 3.63) is 56.8 Å². The Morgan fingerprint density at radius 2 is 1.88 bits per heavy atom. The van der Waals surface area contributed by atoms with E-state index in [-0.39, 0.29) is 11.5 Å². The summed E-state index contributed by atoms with van der Waals surface area (Å²) in [4.78, 5) is 19.8. The minimum absolute atomic E-state index is 0.0966. The molecule has 2 aromatic rings. The molecule has 8 heteroatoms. The lowest BCUT2D eigenvalue weighted by atomic mass is 10.3. The van der Waals surface area contributed by atoms with E-state index in [2.05, 4.69) is 5.10 Å². The summed E-state index contributed by atoms with van der Waals surface area (Å²) in [6.07, 6.45) is 1.37. The van der Waals surface area contributed by atoms with Gasteiger partial charge in [0.25, 0.3) is 5.69 Å². The summed E-state index contributed by atoms with van der Waals surface area (Å²) in [6.45, 7) is 0. The summed E-state index contributed by atoms with van der Waals surface area (Å²) in [5, 5.41) is 24.7. The Bertz CT molecular complexity index is 592. The van der Waals surface area contributed by atoms with Crippen molar-refractivity contribution in [2.75, 3.05) is 0 Å². The van der Waals surface area contributed by atoms with Crippen LogP contribution in [-0.2, 0) is 0 Å². The number of nitrogens with zero attached hydrogens (tertiary/aromatic N) is 4. The third kappa shape index (κ3) is 2.09. The lowest BCUT2D eigenvalue weighted by Gasteiger charge is -1.96. The van der Waals surface area contributed by atoms with Crippen LogP contribution in [0.4, 0.5) is 11.5 Å². The first-order valence-electron chi connectivity index (χ1n) is 4.53. The molecule has 2 rings (SSSR count). The highest BCUT2D eigenvalue weighted by molar-refractivity contribution is 5.43. The number of hydrogen-bond acceptors (Lipinski definition) is 5. The van der Waals surface area contributed by atoms with E-state index in [1.807, 2.05) is 0 Å². The molecule has 0 saturated carbocycles. The average molecular weight is 234 g/mol. The molecule has 0 bridgehead atoms. The molecular weight excluding hydrogens is 228 g/mol. The predicted molar refractivity (Wildman–Crippen MR) is 56.9 cm³/mol. The second-order valence-corrected chi connectivity index (χ2v) is 3.15. The Hall–Kier alpha value is -2.77. The SMILES string of the molecule is O=[N+]([O-])c1cccc(-n2ccc([N+](=O)[O-])n2)c1. The van der Waals surface area contributed by atoms with Crippen molar-refractivity contribution in [1.29, 1.82) is 0 Å². The van der Waals surface area contributed by atoms with Crippen molar-refractivity contribution in [3.63, 3.8) is 0 Å². The topological polar surface area (TPSA) is 104 Å². The van der Waals surface area contributed by atoms with Crippen LogP contribution in [0, 0.1) is 20.2 Å². The molecule has 0 fully saturated rings. The summed E-state index contributed by atoms with van der Waals surface area (Å²) >= 11 is 0. The van der Waals surface area contributed by atoms with Gasteiger partial charge in [0.2, 0.25) is 0 Å². The molecule has 1 heterocycles. The fourth-order valence-electron chi connectivity index (χ4n) is 1.30. The van der Waals surface area contributed by atoms with Crippen molar-refractivity contribution in [1.82, 2.24) is 9.78 Å². The molecule has 0 saturated heterocycles. The molecule has 0 aliphatic heterocycles. The third-order valence-corrected chi connectivity index (χ3v) is 2.07. The van der Waals surface area contributed by atoms with Gasteiger partial charge in [-0.25, -0.2) is 0 Å². The maximum absolute atomic E-state index is 10.6. The molecule has 1 aromatic heterocycles. The van der Waals surface area contributed by atoms with Crippen LogP contribution in [0.1, 0.15) is 0 Å². The molecule has 17 heavy (non-hydrogen) atoms. The lowest BCUT2D eigenvalue weighted by Crippen LogP contribution is -1.97. The van der Waals surface area contributed by atoms with Gasteiger partial charge in [0.05, 0.1) is 28.0 Å². The van der Waals surface area contributed by atoms with Crippen molar-refractivity contribution in [3.8, 4) is 5.69 Å². The fourth-order valence-corrected chi connectivity index (χ4v) is 1.30. The van der Waals surface area contributed by atoms with Crippen molar-refractivity contribution >= 4 is 11.5 Å². The molecule has 0 atom stereocenters. The summed E-state index contributed by atoms with van der Waals surface area (Å²) in [6, 6.07) is 6.90. The molecule has 0 aliphatic rings. The summed E-state index contributed by atoms with van der Waals surface area (Å²) in [7, 11) is 0. The van der Waals surface area contributed by atoms with Crippen LogP contribution in [0.25, 0.3) is 5.69 Å².